The van der Waals surface area contributed by atoms with Gasteiger partial charge in [0.15, 0.2) is 5.11 Å². The number of hydrogen-bond donors (Lipinski definition) is 2. The molecule has 1 amide bonds. The highest BCUT2D eigenvalue weighted by atomic mass is 35.5. The Kier molecular flexibility index (Phi) is 8.21. The van der Waals surface area contributed by atoms with E-state index >= 15 is 0 Å². The number of hydrogen-bond acceptors (Lipinski definition) is 3. The lowest BCUT2D eigenvalue weighted by molar-refractivity contribution is -0.117. The average molecular weight is 448 g/mol. The third kappa shape index (κ3) is 6.63. The van der Waals surface area contributed by atoms with E-state index < -0.39 is 0 Å². The number of carbonyl (C=O) groups excluding carboxylic acids is 1. The fraction of sp³-hybridized carbons (Fsp3) is 0.364. The van der Waals surface area contributed by atoms with Gasteiger partial charge in [-0.15, -0.1) is 0 Å². The first-order valence-electron chi connectivity index (χ1n) is 9.81. The number of amides is 1. The third-order valence-electron chi connectivity index (χ3n) is 4.76. The maximum atomic E-state index is 12.1. The summed E-state index contributed by atoms with van der Waals surface area (Å²) in [6.45, 7) is 3.64. The van der Waals surface area contributed by atoms with Crippen LogP contribution < -0.4 is 15.5 Å². The molecule has 2 N–H and O–H groups in total. The molecule has 3 rings (SSSR count). The number of rotatable bonds is 8. The third-order valence-corrected chi connectivity index (χ3v) is 6.38. The number of halogens is 1. The van der Waals surface area contributed by atoms with Crippen molar-refractivity contribution >= 4 is 58.0 Å². The number of benzene rings is 2. The van der Waals surface area contributed by atoms with E-state index in [1.54, 1.807) is 0 Å². The summed E-state index contributed by atoms with van der Waals surface area (Å²) >= 11 is 13.2. The zero-order valence-electron chi connectivity index (χ0n) is 16.5. The molecule has 0 atom stereocenters. The van der Waals surface area contributed by atoms with Gasteiger partial charge in [-0.05, 0) is 73.1 Å². The van der Waals surface area contributed by atoms with Gasteiger partial charge in [-0.25, -0.2) is 0 Å². The second-order valence-electron chi connectivity index (χ2n) is 7.06. The zero-order valence-corrected chi connectivity index (χ0v) is 18.9. The van der Waals surface area contributed by atoms with Gasteiger partial charge in [0.05, 0.1) is 0 Å². The van der Waals surface area contributed by atoms with Crippen molar-refractivity contribution in [2.75, 3.05) is 29.1 Å². The Balaban J connectivity index is 1.38. The Bertz CT molecular complexity index is 858. The topological polar surface area (TPSA) is 44.4 Å². The maximum absolute atomic E-state index is 12.1. The van der Waals surface area contributed by atoms with Crippen molar-refractivity contribution in [1.82, 2.24) is 5.32 Å². The molecule has 0 unspecified atom stereocenters. The van der Waals surface area contributed by atoms with Crippen LogP contribution in [0.5, 0.6) is 0 Å². The van der Waals surface area contributed by atoms with Gasteiger partial charge in [0, 0.05) is 41.7 Å². The molecule has 2 aromatic rings. The molecule has 7 heteroatoms. The van der Waals surface area contributed by atoms with E-state index in [1.165, 1.54) is 5.56 Å². The van der Waals surface area contributed by atoms with Gasteiger partial charge < -0.3 is 15.5 Å². The van der Waals surface area contributed by atoms with Crippen LogP contribution in [0.15, 0.2) is 42.5 Å². The Morgan fingerprint density at radius 1 is 1.24 bits per heavy atom. The summed E-state index contributed by atoms with van der Waals surface area (Å²) in [5, 5.41) is 7.87. The van der Waals surface area contributed by atoms with E-state index in [0.717, 1.165) is 59.4 Å². The molecule has 0 bridgehead atoms. The minimum atomic E-state index is 0.196. The lowest BCUT2D eigenvalue weighted by Crippen LogP contribution is -2.30. The minimum absolute atomic E-state index is 0.196. The number of thioether (sulfide) groups is 1. The summed E-state index contributed by atoms with van der Waals surface area (Å²) in [5.74, 6) is 2.24. The van der Waals surface area contributed by atoms with Crippen molar-refractivity contribution in [1.29, 1.82) is 0 Å². The molecular formula is C22H26ClN3OS2. The molecule has 1 aliphatic heterocycles. The largest absolute Gasteiger partial charge is 0.362 e. The van der Waals surface area contributed by atoms with Gasteiger partial charge in [0.25, 0.3) is 0 Å². The highest BCUT2D eigenvalue weighted by Gasteiger charge is 2.23. The first kappa shape index (κ1) is 21.9. The number of thiocarbonyl (C=S) groups is 1. The molecule has 1 fully saturated rings. The second-order valence-corrected chi connectivity index (χ2v) is 9.01. The summed E-state index contributed by atoms with van der Waals surface area (Å²) in [6.07, 6.45) is 2.58. The molecule has 0 spiro atoms. The van der Waals surface area contributed by atoms with Gasteiger partial charge in [-0.2, -0.15) is 11.8 Å². The van der Waals surface area contributed by atoms with E-state index in [9.17, 15) is 4.79 Å². The summed E-state index contributed by atoms with van der Waals surface area (Å²) in [7, 11) is 0. The van der Waals surface area contributed by atoms with E-state index in [1.807, 2.05) is 53.9 Å². The van der Waals surface area contributed by atoms with Crippen molar-refractivity contribution < 1.29 is 4.79 Å². The van der Waals surface area contributed by atoms with Gasteiger partial charge >= 0.3 is 0 Å². The lowest BCUT2D eigenvalue weighted by atomic mass is 10.1. The van der Waals surface area contributed by atoms with Gasteiger partial charge in [0.2, 0.25) is 5.91 Å². The van der Waals surface area contributed by atoms with Gasteiger partial charge in [0.1, 0.15) is 0 Å². The molecule has 1 saturated heterocycles. The van der Waals surface area contributed by atoms with Crippen LogP contribution in [0.3, 0.4) is 0 Å². The average Bonchev–Trinajstić information content (AvgIpc) is 3.13. The molecular weight excluding hydrogens is 422 g/mol. The predicted octanol–water partition coefficient (Wildman–Crippen LogP) is 5.39. The smallest absolute Gasteiger partial charge is 0.227 e. The van der Waals surface area contributed by atoms with Crippen molar-refractivity contribution in [3.8, 4) is 0 Å². The standard InChI is InChI=1S/C22H26ClN3OS2/c1-16-5-10-19(14-20(16)26-12-2-4-21(26)27)25-22(28)24-11-3-13-29-15-17-6-8-18(23)9-7-17/h5-10,14H,2-4,11-13,15H2,1H3,(H2,24,25,28). The lowest BCUT2D eigenvalue weighted by Gasteiger charge is -2.20. The first-order valence-corrected chi connectivity index (χ1v) is 11.7. The zero-order chi connectivity index (χ0) is 20.6. The molecule has 1 aliphatic rings. The van der Waals surface area contributed by atoms with E-state index in [0.29, 0.717) is 11.5 Å². The maximum Gasteiger partial charge on any atom is 0.227 e. The van der Waals surface area contributed by atoms with Crippen molar-refractivity contribution in [3.63, 3.8) is 0 Å². The van der Waals surface area contributed by atoms with E-state index in [-0.39, 0.29) is 5.91 Å². The van der Waals surface area contributed by atoms with Gasteiger partial charge in [-0.3, -0.25) is 4.79 Å². The monoisotopic (exact) mass is 447 g/mol. The van der Waals surface area contributed by atoms with Crippen LogP contribution >= 0.6 is 35.6 Å². The highest BCUT2D eigenvalue weighted by molar-refractivity contribution is 7.98. The van der Waals surface area contributed by atoms with Gasteiger partial charge in [-0.1, -0.05) is 29.8 Å². The van der Waals surface area contributed by atoms with Crippen molar-refractivity contribution in [3.05, 3.63) is 58.6 Å². The molecule has 4 nitrogen and oxygen atoms in total. The van der Waals surface area contributed by atoms with Crippen LogP contribution in [-0.2, 0) is 10.5 Å². The fourth-order valence-corrected chi connectivity index (χ4v) is 4.47. The van der Waals surface area contributed by atoms with Crippen LogP contribution in [0.4, 0.5) is 11.4 Å². The molecule has 154 valence electrons. The molecule has 0 aromatic heterocycles. The SMILES string of the molecule is Cc1ccc(NC(=S)NCCCSCc2ccc(Cl)cc2)cc1N1CCCC1=O. The summed E-state index contributed by atoms with van der Waals surface area (Å²) in [5.41, 5.74) is 4.26. The van der Waals surface area contributed by atoms with E-state index in [4.69, 9.17) is 23.8 Å². The number of anilines is 2. The first-order chi connectivity index (χ1) is 14.0. The van der Waals surface area contributed by atoms with Crippen LogP contribution in [0, 0.1) is 6.92 Å². The number of nitrogens with one attached hydrogen (secondary N) is 2. The van der Waals surface area contributed by atoms with Crippen LogP contribution in [0.2, 0.25) is 5.02 Å². The van der Waals surface area contributed by atoms with E-state index in [2.05, 4.69) is 22.8 Å². The molecule has 0 radical (unpaired) electrons. The quantitative estimate of drug-likeness (QED) is 0.419. The highest BCUT2D eigenvalue weighted by Crippen LogP contribution is 2.28. The summed E-state index contributed by atoms with van der Waals surface area (Å²) < 4.78 is 0. The van der Waals surface area contributed by atoms with Crippen molar-refractivity contribution in [2.45, 2.75) is 31.9 Å². The number of nitrogens with zero attached hydrogens (tertiary/aromatic N) is 1. The van der Waals surface area contributed by atoms with Crippen LogP contribution in [-0.4, -0.2) is 29.9 Å². The van der Waals surface area contributed by atoms with Crippen LogP contribution in [0.25, 0.3) is 0 Å². The molecule has 0 aliphatic carbocycles. The Hall–Kier alpha value is -1.76. The number of carbonyl (C=O) groups is 1. The molecule has 29 heavy (non-hydrogen) atoms. The van der Waals surface area contributed by atoms with Crippen LogP contribution in [0.1, 0.15) is 30.4 Å². The molecule has 0 saturated carbocycles. The van der Waals surface area contributed by atoms with Crippen molar-refractivity contribution in [2.24, 2.45) is 0 Å². The Labute approximate surface area is 187 Å². The number of aryl methyl sites for hydroxylation is 1. The Morgan fingerprint density at radius 2 is 2.03 bits per heavy atom. The summed E-state index contributed by atoms with van der Waals surface area (Å²) in [4.78, 5) is 13.9. The summed E-state index contributed by atoms with van der Waals surface area (Å²) in [6, 6.07) is 14.0. The fourth-order valence-electron chi connectivity index (χ4n) is 3.20. The molecule has 2 aromatic carbocycles. The predicted molar refractivity (Wildman–Crippen MR) is 129 cm³/mol. The molecule has 1 heterocycles. The Morgan fingerprint density at radius 3 is 2.76 bits per heavy atom. The minimum Gasteiger partial charge on any atom is -0.362 e. The normalized spacial score (nSPS) is 13.6. The second kappa shape index (κ2) is 10.9.